The molecule has 0 radical (unpaired) electrons. The molecule has 0 aliphatic carbocycles. The van der Waals surface area contributed by atoms with E-state index >= 15 is 0 Å². The summed E-state index contributed by atoms with van der Waals surface area (Å²) in [5.41, 5.74) is 3.60. The van der Waals surface area contributed by atoms with Crippen LogP contribution in [0.1, 0.15) is 11.1 Å². The van der Waals surface area contributed by atoms with Gasteiger partial charge in [-0.05, 0) is 35.4 Å². The van der Waals surface area contributed by atoms with Gasteiger partial charge >= 0.3 is 5.97 Å². The van der Waals surface area contributed by atoms with Crippen molar-refractivity contribution in [3.05, 3.63) is 101 Å². The molecule has 0 spiro atoms. The van der Waals surface area contributed by atoms with Gasteiger partial charge in [0.1, 0.15) is 0 Å². The molecule has 0 unspecified atom stereocenters. The molecule has 0 saturated carbocycles. The minimum atomic E-state index is -0.422. The highest BCUT2D eigenvalue weighted by Gasteiger charge is 2.20. The highest BCUT2D eigenvalue weighted by molar-refractivity contribution is 6.31. The second-order valence-electron chi connectivity index (χ2n) is 5.61. The maximum absolute atomic E-state index is 12.6. The molecular weight excluding hydrogens is 346 g/mol. The van der Waals surface area contributed by atoms with E-state index in [9.17, 15) is 4.79 Å². The smallest absolute Gasteiger partial charge is 0.340 e. The van der Waals surface area contributed by atoms with Crippen molar-refractivity contribution in [3.8, 4) is 0 Å². The molecule has 0 heterocycles. The lowest BCUT2D eigenvalue weighted by Crippen LogP contribution is -2.11. The first-order chi connectivity index (χ1) is 12.7. The quantitative estimate of drug-likeness (QED) is 0.370. The van der Waals surface area contributed by atoms with Crippen LogP contribution in [0.15, 0.2) is 84.9 Å². The Hall–Kier alpha value is -3.04. The van der Waals surface area contributed by atoms with Gasteiger partial charge in [0.2, 0.25) is 0 Å². The van der Waals surface area contributed by atoms with Crippen molar-refractivity contribution in [2.75, 3.05) is 12.4 Å². The van der Waals surface area contributed by atoms with E-state index in [-0.39, 0.29) is 0 Å². The number of hydrogen-bond acceptors (Lipinski definition) is 3. The van der Waals surface area contributed by atoms with Gasteiger partial charge in [-0.25, -0.2) is 4.79 Å². The zero-order valence-corrected chi connectivity index (χ0v) is 15.0. The van der Waals surface area contributed by atoms with Gasteiger partial charge in [-0.3, -0.25) is 0 Å². The summed E-state index contributed by atoms with van der Waals surface area (Å²) in [5, 5.41) is 3.98. The van der Waals surface area contributed by atoms with Crippen LogP contribution < -0.4 is 5.32 Å². The summed E-state index contributed by atoms with van der Waals surface area (Å²) < 4.78 is 5.07. The molecule has 0 amide bonds. The standard InChI is InChI=1S/C22H18ClNO2/c1-26-22(25)20(16-12-14-18(23)15-13-16)21(17-8-4-2-5-9-17)24-19-10-6-3-7-11-19/h2-15,24H,1H3/b21-20-. The third-order valence-electron chi connectivity index (χ3n) is 3.88. The number of carbonyl (C=O) groups is 1. The van der Waals surface area contributed by atoms with Gasteiger partial charge in [0.15, 0.2) is 0 Å². The number of anilines is 1. The Kier molecular flexibility index (Phi) is 5.72. The first-order valence-corrected chi connectivity index (χ1v) is 8.53. The number of esters is 1. The second kappa shape index (κ2) is 8.37. The van der Waals surface area contributed by atoms with Crippen molar-refractivity contribution in [3.63, 3.8) is 0 Å². The van der Waals surface area contributed by atoms with Crippen LogP contribution in [0, 0.1) is 0 Å². The largest absolute Gasteiger partial charge is 0.465 e. The Morgan fingerprint density at radius 2 is 1.38 bits per heavy atom. The first-order valence-electron chi connectivity index (χ1n) is 8.15. The van der Waals surface area contributed by atoms with Gasteiger partial charge in [-0.1, -0.05) is 72.3 Å². The monoisotopic (exact) mass is 363 g/mol. The minimum Gasteiger partial charge on any atom is -0.465 e. The molecule has 0 atom stereocenters. The Balaban J connectivity index is 2.21. The maximum atomic E-state index is 12.6. The van der Waals surface area contributed by atoms with Gasteiger partial charge in [0.25, 0.3) is 0 Å². The fourth-order valence-electron chi connectivity index (χ4n) is 2.63. The van der Waals surface area contributed by atoms with Crippen molar-refractivity contribution in [1.82, 2.24) is 0 Å². The molecule has 26 heavy (non-hydrogen) atoms. The Morgan fingerprint density at radius 3 is 1.96 bits per heavy atom. The number of halogens is 1. The van der Waals surface area contributed by atoms with Crippen LogP contribution in [0.2, 0.25) is 5.02 Å². The SMILES string of the molecule is COC(=O)/C(=C(\Nc1ccccc1)c1ccccc1)c1ccc(Cl)cc1. The normalized spacial score (nSPS) is 11.5. The third kappa shape index (κ3) is 4.13. The van der Waals surface area contributed by atoms with Crippen LogP contribution in [0.5, 0.6) is 0 Å². The maximum Gasteiger partial charge on any atom is 0.340 e. The summed E-state index contributed by atoms with van der Waals surface area (Å²) in [4.78, 5) is 12.6. The fraction of sp³-hybridized carbons (Fsp3) is 0.0455. The molecule has 0 fully saturated rings. The lowest BCUT2D eigenvalue weighted by Gasteiger charge is -2.17. The molecule has 4 heteroatoms. The molecule has 0 aliphatic heterocycles. The molecule has 3 aromatic carbocycles. The highest BCUT2D eigenvalue weighted by Crippen LogP contribution is 2.29. The number of methoxy groups -OCH3 is 1. The summed E-state index contributed by atoms with van der Waals surface area (Å²) in [5.74, 6) is -0.422. The average Bonchev–Trinajstić information content (AvgIpc) is 2.70. The number of carbonyl (C=O) groups excluding carboxylic acids is 1. The predicted octanol–water partition coefficient (Wildman–Crippen LogP) is 5.49. The Bertz CT molecular complexity index is 904. The van der Waals surface area contributed by atoms with Gasteiger partial charge < -0.3 is 10.1 Å². The number of rotatable bonds is 5. The van der Waals surface area contributed by atoms with Crippen molar-refractivity contribution in [2.45, 2.75) is 0 Å². The van der Waals surface area contributed by atoms with Gasteiger partial charge in [0.05, 0.1) is 18.4 Å². The summed E-state index contributed by atoms with van der Waals surface area (Å²) in [6.07, 6.45) is 0. The zero-order valence-electron chi connectivity index (χ0n) is 14.3. The summed E-state index contributed by atoms with van der Waals surface area (Å²) >= 11 is 6.01. The summed E-state index contributed by atoms with van der Waals surface area (Å²) in [6.45, 7) is 0. The van der Waals surface area contributed by atoms with E-state index in [2.05, 4.69) is 5.32 Å². The average molecular weight is 364 g/mol. The van der Waals surface area contributed by atoms with Crippen molar-refractivity contribution in [2.24, 2.45) is 0 Å². The molecule has 1 N–H and O–H groups in total. The number of hydrogen-bond donors (Lipinski definition) is 1. The highest BCUT2D eigenvalue weighted by atomic mass is 35.5. The van der Waals surface area contributed by atoms with Crippen molar-refractivity contribution < 1.29 is 9.53 Å². The second-order valence-corrected chi connectivity index (χ2v) is 6.04. The van der Waals surface area contributed by atoms with Crippen molar-refractivity contribution >= 4 is 34.5 Å². The molecule has 0 aromatic heterocycles. The van der Waals surface area contributed by atoms with Crippen LogP contribution in [-0.2, 0) is 9.53 Å². The van der Waals surface area contributed by atoms with Crippen LogP contribution in [0.4, 0.5) is 5.69 Å². The number of ether oxygens (including phenoxy) is 1. The summed E-state index contributed by atoms with van der Waals surface area (Å²) in [6, 6.07) is 26.5. The van der Waals surface area contributed by atoms with Crippen molar-refractivity contribution in [1.29, 1.82) is 0 Å². The summed E-state index contributed by atoms with van der Waals surface area (Å²) in [7, 11) is 1.38. The molecule has 130 valence electrons. The Morgan fingerprint density at radius 1 is 0.808 bits per heavy atom. The van der Waals surface area contributed by atoms with Crippen LogP contribution in [-0.4, -0.2) is 13.1 Å². The molecule has 3 aromatic rings. The van der Waals surface area contributed by atoms with E-state index in [1.807, 2.05) is 72.8 Å². The van der Waals surface area contributed by atoms with E-state index in [1.54, 1.807) is 12.1 Å². The van der Waals surface area contributed by atoms with Gasteiger partial charge in [0, 0.05) is 10.7 Å². The number of benzene rings is 3. The van der Waals surface area contributed by atoms with Gasteiger partial charge in [-0.15, -0.1) is 0 Å². The van der Waals surface area contributed by atoms with Crippen LogP contribution in [0.25, 0.3) is 11.3 Å². The van der Waals surface area contributed by atoms with E-state index < -0.39 is 5.97 Å². The fourth-order valence-corrected chi connectivity index (χ4v) is 2.76. The van der Waals surface area contributed by atoms with E-state index in [0.29, 0.717) is 16.3 Å². The molecule has 0 bridgehead atoms. The van der Waals surface area contributed by atoms with Gasteiger partial charge in [-0.2, -0.15) is 0 Å². The molecule has 3 rings (SSSR count). The topological polar surface area (TPSA) is 38.3 Å². The molecule has 0 aliphatic rings. The van der Waals surface area contributed by atoms with Crippen LogP contribution >= 0.6 is 11.6 Å². The Labute approximate surface area is 157 Å². The molecule has 3 nitrogen and oxygen atoms in total. The lowest BCUT2D eigenvalue weighted by molar-refractivity contribution is -0.133. The first kappa shape index (κ1) is 17.8. The minimum absolute atomic E-state index is 0.422. The lowest BCUT2D eigenvalue weighted by atomic mass is 9.99. The van der Waals surface area contributed by atoms with E-state index in [4.69, 9.17) is 16.3 Å². The van der Waals surface area contributed by atoms with E-state index in [0.717, 1.165) is 16.8 Å². The van der Waals surface area contributed by atoms with Crippen LogP contribution in [0.3, 0.4) is 0 Å². The zero-order chi connectivity index (χ0) is 18.4. The molecule has 0 saturated heterocycles. The number of para-hydroxylation sites is 1. The predicted molar refractivity (Wildman–Crippen MR) is 107 cm³/mol. The number of nitrogens with one attached hydrogen (secondary N) is 1. The molecular formula is C22H18ClNO2. The van der Waals surface area contributed by atoms with E-state index in [1.165, 1.54) is 7.11 Å². The third-order valence-corrected chi connectivity index (χ3v) is 4.13.